The van der Waals surface area contributed by atoms with Gasteiger partial charge in [-0.2, -0.15) is 12.3 Å². The fourth-order valence-electron chi connectivity index (χ4n) is 0.974. The third-order valence-electron chi connectivity index (χ3n) is 1.43. The van der Waals surface area contributed by atoms with E-state index in [1.165, 1.54) is 6.07 Å². The number of rotatable bonds is 1. The summed E-state index contributed by atoms with van der Waals surface area (Å²) in [6, 6.07) is 5.46. The van der Waals surface area contributed by atoms with E-state index in [0.29, 0.717) is 5.75 Å². The average Bonchev–Trinajstić information content (AvgIpc) is 2.01. The van der Waals surface area contributed by atoms with Gasteiger partial charge in [-0.15, -0.1) is 12.1 Å². The van der Waals surface area contributed by atoms with E-state index in [-0.39, 0.29) is 37.0 Å². The minimum Gasteiger partial charge on any atom is -0.531 e. The predicted octanol–water partition coefficient (Wildman–Crippen LogP) is 2.78. The largest absolute Gasteiger partial charge is 0.531 e. The van der Waals surface area contributed by atoms with Crippen LogP contribution in [0.3, 0.4) is 0 Å². The van der Waals surface area contributed by atoms with E-state index in [2.05, 4.69) is 12.0 Å². The van der Waals surface area contributed by atoms with E-state index in [0.717, 1.165) is 0 Å². The van der Waals surface area contributed by atoms with Gasteiger partial charge in [0.05, 0.1) is 5.60 Å². The normalized spacial score (nSPS) is 10.1. The summed E-state index contributed by atoms with van der Waals surface area (Å²) in [5, 5.41) is 0. The van der Waals surface area contributed by atoms with E-state index in [4.69, 9.17) is 11.2 Å². The second kappa shape index (κ2) is 5.46. The Morgan fingerprint density at radius 1 is 1.47 bits per heavy atom. The van der Waals surface area contributed by atoms with E-state index in [1.54, 1.807) is 6.07 Å². The van der Waals surface area contributed by atoms with Crippen LogP contribution in [-0.2, 0) is 25.8 Å². The first-order chi connectivity index (χ1) is 6.42. The van der Waals surface area contributed by atoms with Gasteiger partial charge in [0.25, 0.3) is 0 Å². The van der Waals surface area contributed by atoms with Gasteiger partial charge >= 0.3 is 0 Å². The topological polar surface area (TPSA) is 9.23 Å². The van der Waals surface area contributed by atoms with Crippen molar-refractivity contribution in [2.75, 3.05) is 0 Å². The maximum atomic E-state index is 13.2. The molecule has 1 aromatic carbocycles. The Morgan fingerprint density at radius 2 is 2.07 bits per heavy atom. The number of hydrogen-bond donors (Lipinski definition) is 0. The zero-order valence-electron chi connectivity index (χ0n) is 9.02. The van der Waals surface area contributed by atoms with Crippen molar-refractivity contribution in [3.8, 4) is 18.1 Å². The molecule has 1 rings (SSSR count). The molecule has 1 aromatic rings. The van der Waals surface area contributed by atoms with Crippen molar-refractivity contribution in [3.05, 3.63) is 29.6 Å². The first-order valence-electron chi connectivity index (χ1n) is 4.29. The first kappa shape index (κ1) is 14.4. The molecule has 0 heterocycles. The van der Waals surface area contributed by atoms with Gasteiger partial charge in [0.2, 0.25) is 0 Å². The van der Waals surface area contributed by atoms with Crippen molar-refractivity contribution in [3.63, 3.8) is 0 Å². The summed E-state index contributed by atoms with van der Waals surface area (Å²) in [5.74, 6) is 2.16. The number of hydrogen-bond acceptors (Lipinski definition) is 1. The number of halogens is 1. The summed E-state index contributed by atoms with van der Waals surface area (Å²) in [5.41, 5.74) is -0.218. The first-order valence-corrected chi connectivity index (χ1v) is 4.29. The minimum atomic E-state index is -0.478. The fraction of sp³-hybridized carbons (Fsp3) is 0.333. The summed E-state index contributed by atoms with van der Waals surface area (Å²) < 4.78 is 18.6. The molecule has 0 unspecified atom stereocenters. The minimum absolute atomic E-state index is 0. The zero-order chi connectivity index (χ0) is 10.8. The van der Waals surface area contributed by atoms with Crippen molar-refractivity contribution in [2.24, 2.45) is 0 Å². The van der Waals surface area contributed by atoms with E-state index < -0.39 is 5.82 Å². The molecule has 0 spiro atoms. The van der Waals surface area contributed by atoms with Gasteiger partial charge < -0.3 is 4.74 Å². The smallest absolute Gasteiger partial charge is 0.0883 e. The standard InChI is InChI=1S/C12H12FO.Hf/c1-5-9-6-7-10(8-11(9)13)14-12(2,3)4;/h1,7-8H,2-4H3;/q-1;. The Labute approximate surface area is 109 Å². The second-order valence-electron chi connectivity index (χ2n) is 3.92. The van der Waals surface area contributed by atoms with Crippen LogP contribution in [0.25, 0.3) is 0 Å². The van der Waals surface area contributed by atoms with Crippen LogP contribution in [0.5, 0.6) is 5.75 Å². The zero-order valence-corrected chi connectivity index (χ0v) is 12.6. The quantitative estimate of drug-likeness (QED) is 0.420. The monoisotopic (exact) mass is 371 g/mol. The van der Waals surface area contributed by atoms with Crippen molar-refractivity contribution in [1.82, 2.24) is 0 Å². The van der Waals surface area contributed by atoms with Gasteiger partial charge in [-0.05, 0) is 20.8 Å². The van der Waals surface area contributed by atoms with Crippen LogP contribution in [0, 0.1) is 24.2 Å². The maximum Gasteiger partial charge on any atom is 0.0883 e. The molecule has 15 heavy (non-hydrogen) atoms. The maximum absolute atomic E-state index is 13.2. The van der Waals surface area contributed by atoms with Crippen LogP contribution in [0.15, 0.2) is 12.1 Å². The predicted molar refractivity (Wildman–Crippen MR) is 53.6 cm³/mol. The molecule has 0 saturated heterocycles. The molecule has 0 atom stereocenters. The third-order valence-corrected chi connectivity index (χ3v) is 1.43. The SMILES string of the molecule is C#Cc1[c-]cc(OC(C)(C)C)cc1F.[Hf]. The summed E-state index contributed by atoms with van der Waals surface area (Å²) in [6.07, 6.45) is 5.07. The van der Waals surface area contributed by atoms with Gasteiger partial charge in [0, 0.05) is 37.4 Å². The molecule has 1 nitrogen and oxygen atoms in total. The Hall–Kier alpha value is -0.620. The van der Waals surface area contributed by atoms with Crippen LogP contribution in [0.2, 0.25) is 0 Å². The molecule has 0 bridgehead atoms. The average molecular weight is 370 g/mol. The molecule has 0 aliphatic heterocycles. The van der Waals surface area contributed by atoms with Crippen molar-refractivity contribution in [1.29, 1.82) is 0 Å². The third kappa shape index (κ3) is 4.61. The fourth-order valence-corrected chi connectivity index (χ4v) is 0.974. The molecule has 0 saturated carbocycles. The Balaban J connectivity index is 0.00000196. The van der Waals surface area contributed by atoms with Crippen molar-refractivity contribution in [2.45, 2.75) is 26.4 Å². The van der Waals surface area contributed by atoms with Crippen LogP contribution in [0.1, 0.15) is 26.3 Å². The van der Waals surface area contributed by atoms with Gasteiger partial charge in [-0.1, -0.05) is 11.6 Å². The molecular weight excluding hydrogens is 358 g/mol. The molecule has 0 fully saturated rings. The number of ether oxygens (including phenoxy) is 1. The molecular formula is C12H12FHfO-. The molecule has 0 amide bonds. The summed E-state index contributed by atoms with van der Waals surface area (Å²) in [6.45, 7) is 5.67. The van der Waals surface area contributed by atoms with Gasteiger partial charge in [-0.25, -0.2) is 0 Å². The number of terminal acetylenes is 1. The molecule has 0 aliphatic carbocycles. The Kier molecular flexibility index (Phi) is 5.23. The molecule has 78 valence electrons. The van der Waals surface area contributed by atoms with E-state index in [9.17, 15) is 4.39 Å². The molecule has 3 heteroatoms. The molecule has 0 N–H and O–H groups in total. The molecule has 0 radical (unpaired) electrons. The summed E-state index contributed by atoms with van der Waals surface area (Å²) in [4.78, 5) is 0. The molecule has 0 aromatic heterocycles. The van der Waals surface area contributed by atoms with E-state index in [1.807, 2.05) is 20.8 Å². The van der Waals surface area contributed by atoms with Crippen LogP contribution in [-0.4, -0.2) is 5.60 Å². The van der Waals surface area contributed by atoms with E-state index >= 15 is 0 Å². The van der Waals surface area contributed by atoms with Crippen LogP contribution < -0.4 is 4.74 Å². The van der Waals surface area contributed by atoms with Crippen molar-refractivity contribution >= 4 is 0 Å². The summed E-state index contributed by atoms with van der Waals surface area (Å²) in [7, 11) is 0. The van der Waals surface area contributed by atoms with Crippen LogP contribution in [0.4, 0.5) is 4.39 Å². The Bertz CT molecular complexity index is 374. The van der Waals surface area contributed by atoms with Crippen molar-refractivity contribution < 1.29 is 35.0 Å². The second-order valence-corrected chi connectivity index (χ2v) is 3.92. The van der Waals surface area contributed by atoms with Gasteiger partial charge in [0.15, 0.2) is 0 Å². The number of benzene rings is 1. The Morgan fingerprint density at radius 3 is 2.47 bits per heavy atom. The summed E-state index contributed by atoms with van der Waals surface area (Å²) >= 11 is 0. The van der Waals surface area contributed by atoms with Crippen LogP contribution >= 0.6 is 0 Å². The van der Waals surface area contributed by atoms with Gasteiger partial charge in [0.1, 0.15) is 0 Å². The van der Waals surface area contributed by atoms with Gasteiger partial charge in [-0.3, -0.25) is 4.39 Å². The molecule has 0 aliphatic rings.